The summed E-state index contributed by atoms with van der Waals surface area (Å²) in [6.45, 7) is 2.55. The normalized spacial score (nSPS) is 21.7. The number of rotatable bonds is 5. The molecule has 2 aliphatic rings. The lowest BCUT2D eigenvalue weighted by Gasteiger charge is -2.37. The second-order valence-electron chi connectivity index (χ2n) is 7.08. The number of hydrogen-bond acceptors (Lipinski definition) is 4. The van der Waals surface area contributed by atoms with Gasteiger partial charge in [0, 0.05) is 45.9 Å². The zero-order valence-electron chi connectivity index (χ0n) is 15.4. The van der Waals surface area contributed by atoms with Crippen molar-refractivity contribution in [3.8, 4) is 0 Å². The van der Waals surface area contributed by atoms with Gasteiger partial charge in [0.2, 0.25) is 11.8 Å². The summed E-state index contributed by atoms with van der Waals surface area (Å²) in [6.07, 6.45) is 1.64. The fourth-order valence-electron chi connectivity index (χ4n) is 3.63. The topological polar surface area (TPSA) is 61.9 Å². The average Bonchev–Trinajstić information content (AvgIpc) is 2.67. The molecule has 0 aliphatic carbocycles. The molecule has 1 aromatic carbocycles. The van der Waals surface area contributed by atoms with Gasteiger partial charge in [0.15, 0.2) is 11.6 Å². The number of carbonyl (C=O) groups excluding carboxylic acids is 2. The number of ether oxygens (including phenoxy) is 1. The van der Waals surface area contributed by atoms with Gasteiger partial charge in [-0.1, -0.05) is 6.07 Å². The Hall–Kier alpha value is -2.06. The maximum atomic E-state index is 13.5. The van der Waals surface area contributed by atoms with Gasteiger partial charge in [-0.2, -0.15) is 0 Å². The highest BCUT2D eigenvalue weighted by molar-refractivity contribution is 5.88. The molecule has 3 rings (SSSR count). The highest BCUT2D eigenvalue weighted by atomic mass is 19.2. The lowest BCUT2D eigenvalue weighted by Crippen LogP contribution is -2.56. The molecule has 148 valence electrons. The maximum Gasteiger partial charge on any atom is 0.237 e. The van der Waals surface area contributed by atoms with Crippen molar-refractivity contribution >= 4 is 11.8 Å². The summed E-state index contributed by atoms with van der Waals surface area (Å²) in [5, 5.41) is 2.79. The van der Waals surface area contributed by atoms with E-state index in [9.17, 15) is 18.4 Å². The van der Waals surface area contributed by atoms with E-state index < -0.39 is 17.7 Å². The van der Waals surface area contributed by atoms with Crippen LogP contribution in [0.2, 0.25) is 0 Å². The summed E-state index contributed by atoms with van der Waals surface area (Å²) in [5.41, 5.74) is 0.568. The van der Waals surface area contributed by atoms with E-state index in [0.717, 1.165) is 25.0 Å². The minimum atomic E-state index is -0.916. The molecule has 1 atom stereocenters. The fourth-order valence-corrected chi connectivity index (χ4v) is 3.63. The van der Waals surface area contributed by atoms with Crippen molar-refractivity contribution in [2.45, 2.75) is 37.9 Å². The van der Waals surface area contributed by atoms with Crippen LogP contribution in [0, 0.1) is 11.6 Å². The zero-order valence-corrected chi connectivity index (χ0v) is 15.4. The maximum absolute atomic E-state index is 13.5. The first-order valence-corrected chi connectivity index (χ1v) is 9.25. The van der Waals surface area contributed by atoms with Crippen LogP contribution in [-0.4, -0.2) is 67.0 Å². The number of piperazine rings is 1. The van der Waals surface area contributed by atoms with Crippen LogP contribution in [0.3, 0.4) is 0 Å². The van der Waals surface area contributed by atoms with E-state index in [-0.39, 0.29) is 30.8 Å². The molecule has 8 heteroatoms. The Labute approximate surface area is 157 Å². The molecule has 27 heavy (non-hydrogen) atoms. The summed E-state index contributed by atoms with van der Waals surface area (Å²) in [7, 11) is 1.76. The van der Waals surface area contributed by atoms with Crippen molar-refractivity contribution in [3.05, 3.63) is 35.4 Å². The Balaban J connectivity index is 1.67. The minimum absolute atomic E-state index is 0.0589. The summed E-state index contributed by atoms with van der Waals surface area (Å²) in [6, 6.07) is 3.21. The predicted molar refractivity (Wildman–Crippen MR) is 94.8 cm³/mol. The van der Waals surface area contributed by atoms with Crippen LogP contribution in [0.1, 0.15) is 24.8 Å². The molecule has 2 amide bonds. The van der Waals surface area contributed by atoms with Crippen LogP contribution in [-0.2, 0) is 20.9 Å². The number of hydrogen-bond donors (Lipinski definition) is 1. The monoisotopic (exact) mass is 381 g/mol. The number of nitrogens with zero attached hydrogens (tertiary/aromatic N) is 2. The molecule has 0 bridgehead atoms. The summed E-state index contributed by atoms with van der Waals surface area (Å²) >= 11 is 0. The molecule has 0 unspecified atom stereocenters. The van der Waals surface area contributed by atoms with E-state index >= 15 is 0 Å². The first-order valence-electron chi connectivity index (χ1n) is 9.25. The van der Waals surface area contributed by atoms with Gasteiger partial charge in [0.05, 0.1) is 12.5 Å². The minimum Gasteiger partial charge on any atom is -0.381 e. The average molecular weight is 381 g/mol. The van der Waals surface area contributed by atoms with E-state index in [1.54, 1.807) is 11.9 Å². The van der Waals surface area contributed by atoms with Gasteiger partial charge in [-0.15, -0.1) is 0 Å². The Morgan fingerprint density at radius 1 is 1.30 bits per heavy atom. The van der Waals surface area contributed by atoms with Gasteiger partial charge in [-0.3, -0.25) is 14.5 Å². The number of amides is 2. The van der Waals surface area contributed by atoms with Gasteiger partial charge in [-0.05, 0) is 30.5 Å². The molecule has 2 heterocycles. The first-order chi connectivity index (χ1) is 13.0. The number of nitrogens with one attached hydrogen (secondary N) is 1. The summed E-state index contributed by atoms with van der Waals surface area (Å²) < 4.78 is 32.0. The van der Waals surface area contributed by atoms with Crippen molar-refractivity contribution in [3.63, 3.8) is 0 Å². The molecule has 2 fully saturated rings. The molecule has 2 aliphatic heterocycles. The van der Waals surface area contributed by atoms with Gasteiger partial charge in [0.1, 0.15) is 0 Å². The molecule has 1 N–H and O–H groups in total. The Bertz CT molecular complexity index is 695. The van der Waals surface area contributed by atoms with Crippen molar-refractivity contribution in [2.75, 3.05) is 33.4 Å². The first kappa shape index (κ1) is 19.7. The Morgan fingerprint density at radius 2 is 2.04 bits per heavy atom. The van der Waals surface area contributed by atoms with Crippen molar-refractivity contribution in [2.24, 2.45) is 0 Å². The van der Waals surface area contributed by atoms with Crippen LogP contribution in [0.25, 0.3) is 0 Å². The third-order valence-electron chi connectivity index (χ3n) is 5.31. The smallest absolute Gasteiger partial charge is 0.237 e. The van der Waals surface area contributed by atoms with Gasteiger partial charge >= 0.3 is 0 Å². The largest absolute Gasteiger partial charge is 0.381 e. The van der Waals surface area contributed by atoms with E-state index in [0.29, 0.717) is 31.9 Å². The van der Waals surface area contributed by atoms with Gasteiger partial charge in [-0.25, -0.2) is 8.78 Å². The molecule has 0 saturated carbocycles. The number of benzene rings is 1. The SMILES string of the molecule is CN(C(=O)C[C@@H]1C(=O)NCCN1Cc1ccc(F)c(F)c1)C1CCOCC1. The molecular formula is C19H25F2N3O3. The van der Waals surface area contributed by atoms with Crippen LogP contribution >= 0.6 is 0 Å². The van der Waals surface area contributed by atoms with Crippen LogP contribution in [0.4, 0.5) is 8.78 Å². The Morgan fingerprint density at radius 3 is 2.74 bits per heavy atom. The third kappa shape index (κ3) is 4.81. The third-order valence-corrected chi connectivity index (χ3v) is 5.31. The molecular weight excluding hydrogens is 356 g/mol. The lowest BCUT2D eigenvalue weighted by atomic mass is 10.0. The molecule has 0 spiro atoms. The highest BCUT2D eigenvalue weighted by Gasteiger charge is 2.34. The van der Waals surface area contributed by atoms with Crippen LogP contribution in [0.15, 0.2) is 18.2 Å². The molecule has 0 radical (unpaired) electrons. The second kappa shape index (κ2) is 8.75. The molecule has 2 saturated heterocycles. The van der Waals surface area contributed by atoms with Crippen molar-refractivity contribution < 1.29 is 23.1 Å². The van der Waals surface area contributed by atoms with Crippen LogP contribution < -0.4 is 5.32 Å². The standard InChI is InChI=1S/C19H25F2N3O3/c1-23(14-4-8-27-9-5-14)18(25)11-17-19(26)22-6-7-24(17)12-13-2-3-15(20)16(21)10-13/h2-3,10,14,17H,4-9,11-12H2,1H3,(H,22,26)/t17-/m1/s1. The molecule has 1 aromatic rings. The number of halogens is 2. The van der Waals surface area contributed by atoms with E-state index in [2.05, 4.69) is 5.32 Å². The molecule has 6 nitrogen and oxygen atoms in total. The van der Waals surface area contributed by atoms with Crippen LogP contribution in [0.5, 0.6) is 0 Å². The van der Waals surface area contributed by atoms with E-state index in [1.807, 2.05) is 4.90 Å². The summed E-state index contributed by atoms with van der Waals surface area (Å²) in [4.78, 5) is 28.7. The lowest BCUT2D eigenvalue weighted by molar-refractivity contribution is -0.140. The van der Waals surface area contributed by atoms with E-state index in [4.69, 9.17) is 4.74 Å². The highest BCUT2D eigenvalue weighted by Crippen LogP contribution is 2.19. The van der Waals surface area contributed by atoms with Crippen molar-refractivity contribution in [1.29, 1.82) is 0 Å². The van der Waals surface area contributed by atoms with E-state index in [1.165, 1.54) is 6.07 Å². The number of carbonyl (C=O) groups is 2. The summed E-state index contributed by atoms with van der Waals surface area (Å²) in [5.74, 6) is -2.13. The molecule has 0 aromatic heterocycles. The Kier molecular flexibility index (Phi) is 6.38. The fraction of sp³-hybridized carbons (Fsp3) is 0.579. The predicted octanol–water partition coefficient (Wildman–Crippen LogP) is 1.29. The van der Waals surface area contributed by atoms with Gasteiger partial charge in [0.25, 0.3) is 0 Å². The second-order valence-corrected chi connectivity index (χ2v) is 7.08. The van der Waals surface area contributed by atoms with Gasteiger partial charge < -0.3 is 15.0 Å². The zero-order chi connectivity index (χ0) is 19.4. The quantitative estimate of drug-likeness (QED) is 0.835. The van der Waals surface area contributed by atoms with Crippen molar-refractivity contribution in [1.82, 2.24) is 15.1 Å².